The monoisotopic (exact) mass is 347 g/mol. The topological polar surface area (TPSA) is 83.3 Å². The van der Waals surface area contributed by atoms with Gasteiger partial charge in [-0.15, -0.1) is 0 Å². The number of β-amino-alcohol motifs (C(OH)–C–C–N with tert-alkyl or cyclic N) is 1. The van der Waals surface area contributed by atoms with Gasteiger partial charge in [-0.2, -0.15) is 5.10 Å². The fraction of sp³-hybridized carbons (Fsp3) is 0.471. The molecule has 0 bridgehead atoms. The summed E-state index contributed by atoms with van der Waals surface area (Å²) in [5.41, 5.74) is -0.0937. The third kappa shape index (κ3) is 4.54. The summed E-state index contributed by atoms with van der Waals surface area (Å²) < 4.78 is 14.7. The fourth-order valence-electron chi connectivity index (χ4n) is 2.91. The number of aryl methyl sites for hydroxylation is 2. The lowest BCUT2D eigenvalue weighted by atomic mass is 10.0. The molecule has 1 atom stereocenters. The van der Waals surface area contributed by atoms with Gasteiger partial charge >= 0.3 is 0 Å². The Hall–Kier alpha value is -2.48. The Morgan fingerprint density at radius 3 is 2.96 bits per heavy atom. The standard InChI is InChI=1S/C17H22FN5O2/c1-13-4-7-23(21-13)8-5-16(24)20-11-17(25)6-9-22(12-17)15-3-2-14(18)10-19-15/h2-4,7,10,25H,5-6,8-9,11-12H2,1H3,(H,20,24)/t17-/m1/s1. The van der Waals surface area contributed by atoms with E-state index in [-0.39, 0.29) is 12.5 Å². The van der Waals surface area contributed by atoms with E-state index in [1.165, 1.54) is 6.07 Å². The van der Waals surface area contributed by atoms with E-state index in [2.05, 4.69) is 15.4 Å². The van der Waals surface area contributed by atoms with Crippen molar-refractivity contribution < 1.29 is 14.3 Å². The van der Waals surface area contributed by atoms with Crippen LogP contribution in [0.3, 0.4) is 0 Å². The molecule has 2 aromatic rings. The molecule has 0 aromatic carbocycles. The highest BCUT2D eigenvalue weighted by Crippen LogP contribution is 2.25. The normalized spacial score (nSPS) is 20.0. The Kier molecular flexibility index (Phi) is 4.98. The number of amides is 1. The molecule has 0 spiro atoms. The van der Waals surface area contributed by atoms with E-state index in [1.807, 2.05) is 24.1 Å². The molecule has 134 valence electrons. The van der Waals surface area contributed by atoms with Gasteiger partial charge in [0.05, 0.1) is 11.9 Å². The lowest BCUT2D eigenvalue weighted by molar-refractivity contribution is -0.122. The van der Waals surface area contributed by atoms with Crippen molar-refractivity contribution in [3.05, 3.63) is 42.1 Å². The second-order valence-electron chi connectivity index (χ2n) is 6.48. The molecule has 0 unspecified atom stereocenters. The van der Waals surface area contributed by atoms with Crippen LogP contribution in [0.15, 0.2) is 30.6 Å². The summed E-state index contributed by atoms with van der Waals surface area (Å²) in [5.74, 6) is 0.107. The van der Waals surface area contributed by atoms with Gasteiger partial charge in [-0.3, -0.25) is 9.48 Å². The zero-order valence-electron chi connectivity index (χ0n) is 14.2. The van der Waals surface area contributed by atoms with Crippen LogP contribution in [0, 0.1) is 12.7 Å². The number of anilines is 1. The number of hydrogen-bond donors (Lipinski definition) is 2. The highest BCUT2D eigenvalue weighted by atomic mass is 19.1. The maximum atomic E-state index is 12.9. The predicted molar refractivity (Wildman–Crippen MR) is 90.6 cm³/mol. The van der Waals surface area contributed by atoms with Crippen LogP contribution in [0.5, 0.6) is 0 Å². The maximum absolute atomic E-state index is 12.9. The smallest absolute Gasteiger partial charge is 0.221 e. The summed E-state index contributed by atoms with van der Waals surface area (Å²) in [5, 5.41) is 17.7. The number of aliphatic hydroxyl groups is 1. The fourth-order valence-corrected chi connectivity index (χ4v) is 2.91. The summed E-state index contributed by atoms with van der Waals surface area (Å²) in [4.78, 5) is 17.9. The molecule has 1 aliphatic heterocycles. The maximum Gasteiger partial charge on any atom is 0.221 e. The van der Waals surface area contributed by atoms with E-state index in [4.69, 9.17) is 0 Å². The summed E-state index contributed by atoms with van der Waals surface area (Å²) >= 11 is 0. The third-order valence-corrected chi connectivity index (χ3v) is 4.32. The van der Waals surface area contributed by atoms with E-state index in [0.29, 0.717) is 38.3 Å². The number of rotatable bonds is 6. The molecule has 1 aliphatic rings. The Morgan fingerprint density at radius 1 is 1.44 bits per heavy atom. The van der Waals surface area contributed by atoms with Crippen molar-refractivity contribution in [1.29, 1.82) is 0 Å². The largest absolute Gasteiger partial charge is 0.386 e. The molecule has 3 heterocycles. The van der Waals surface area contributed by atoms with Crippen molar-refractivity contribution in [2.75, 3.05) is 24.5 Å². The molecule has 2 aromatic heterocycles. The first-order chi connectivity index (χ1) is 11.9. The van der Waals surface area contributed by atoms with Crippen LogP contribution < -0.4 is 10.2 Å². The van der Waals surface area contributed by atoms with Gasteiger partial charge in [-0.1, -0.05) is 0 Å². The van der Waals surface area contributed by atoms with E-state index in [0.717, 1.165) is 11.9 Å². The van der Waals surface area contributed by atoms with Crippen molar-refractivity contribution in [3.63, 3.8) is 0 Å². The molecule has 2 N–H and O–H groups in total. The van der Waals surface area contributed by atoms with Crippen LogP contribution in [0.25, 0.3) is 0 Å². The van der Waals surface area contributed by atoms with Gasteiger partial charge in [0.2, 0.25) is 5.91 Å². The molecule has 0 radical (unpaired) electrons. The first-order valence-corrected chi connectivity index (χ1v) is 8.29. The Bertz CT molecular complexity index is 733. The van der Waals surface area contributed by atoms with Gasteiger partial charge in [0.1, 0.15) is 17.2 Å². The quantitative estimate of drug-likeness (QED) is 0.810. The Balaban J connectivity index is 1.46. The van der Waals surface area contributed by atoms with E-state index in [1.54, 1.807) is 10.7 Å². The van der Waals surface area contributed by atoms with Crippen molar-refractivity contribution in [1.82, 2.24) is 20.1 Å². The number of carbonyl (C=O) groups excluding carboxylic acids is 1. The van der Waals surface area contributed by atoms with Gasteiger partial charge < -0.3 is 15.3 Å². The first kappa shape index (κ1) is 17.3. The number of carbonyl (C=O) groups is 1. The lowest BCUT2D eigenvalue weighted by Crippen LogP contribution is -2.45. The molecule has 1 amide bonds. The minimum atomic E-state index is -1.01. The molecule has 1 fully saturated rings. The molecule has 8 heteroatoms. The van der Waals surface area contributed by atoms with E-state index < -0.39 is 11.4 Å². The average molecular weight is 347 g/mol. The number of aromatic nitrogens is 3. The van der Waals surface area contributed by atoms with E-state index in [9.17, 15) is 14.3 Å². The molecular formula is C17H22FN5O2. The van der Waals surface area contributed by atoms with Crippen LogP contribution >= 0.6 is 0 Å². The van der Waals surface area contributed by atoms with Crippen LogP contribution in [-0.2, 0) is 11.3 Å². The lowest BCUT2D eigenvalue weighted by Gasteiger charge is -2.24. The zero-order chi connectivity index (χ0) is 17.9. The molecule has 7 nitrogen and oxygen atoms in total. The van der Waals surface area contributed by atoms with Gasteiger partial charge in [0.25, 0.3) is 0 Å². The number of pyridine rings is 1. The highest BCUT2D eigenvalue weighted by Gasteiger charge is 2.36. The van der Waals surface area contributed by atoms with E-state index >= 15 is 0 Å². The zero-order valence-corrected chi connectivity index (χ0v) is 14.2. The van der Waals surface area contributed by atoms with Crippen LogP contribution in [-0.4, -0.2) is 51.0 Å². The molecular weight excluding hydrogens is 325 g/mol. The minimum absolute atomic E-state index is 0.125. The number of nitrogens with one attached hydrogen (secondary N) is 1. The third-order valence-electron chi connectivity index (χ3n) is 4.32. The summed E-state index contributed by atoms with van der Waals surface area (Å²) in [6, 6.07) is 4.82. The van der Waals surface area contributed by atoms with Gasteiger partial charge in [-0.25, -0.2) is 9.37 Å². The Morgan fingerprint density at radius 2 is 2.28 bits per heavy atom. The number of nitrogens with zero attached hydrogens (tertiary/aromatic N) is 4. The van der Waals surface area contributed by atoms with Crippen LogP contribution in [0.2, 0.25) is 0 Å². The second-order valence-corrected chi connectivity index (χ2v) is 6.48. The second kappa shape index (κ2) is 7.18. The SMILES string of the molecule is Cc1ccn(CCC(=O)NC[C@]2(O)CCN(c3ccc(F)cn3)C2)n1. The highest BCUT2D eigenvalue weighted by molar-refractivity contribution is 5.75. The number of halogens is 1. The molecule has 0 saturated carbocycles. The summed E-state index contributed by atoms with van der Waals surface area (Å²) in [7, 11) is 0. The molecule has 0 aliphatic carbocycles. The minimum Gasteiger partial charge on any atom is -0.386 e. The van der Waals surface area contributed by atoms with Crippen LogP contribution in [0.4, 0.5) is 10.2 Å². The van der Waals surface area contributed by atoms with Crippen molar-refractivity contribution in [2.45, 2.75) is 31.9 Å². The molecule has 25 heavy (non-hydrogen) atoms. The van der Waals surface area contributed by atoms with Crippen molar-refractivity contribution in [3.8, 4) is 0 Å². The average Bonchev–Trinajstić information content (AvgIpc) is 3.18. The predicted octanol–water partition coefficient (Wildman–Crippen LogP) is 0.873. The first-order valence-electron chi connectivity index (χ1n) is 8.29. The van der Waals surface area contributed by atoms with Crippen LogP contribution in [0.1, 0.15) is 18.5 Å². The van der Waals surface area contributed by atoms with Crippen molar-refractivity contribution >= 4 is 11.7 Å². The van der Waals surface area contributed by atoms with Gasteiger partial charge in [0.15, 0.2) is 0 Å². The Labute approximate surface area is 145 Å². The summed E-state index contributed by atoms with van der Waals surface area (Å²) in [6.45, 7) is 3.54. The molecule has 3 rings (SSSR count). The number of hydrogen-bond acceptors (Lipinski definition) is 5. The summed E-state index contributed by atoms with van der Waals surface area (Å²) in [6.07, 6.45) is 3.82. The molecule has 1 saturated heterocycles. The van der Waals surface area contributed by atoms with Gasteiger partial charge in [-0.05, 0) is 31.5 Å². The van der Waals surface area contributed by atoms with Gasteiger partial charge in [0, 0.05) is 38.8 Å². The van der Waals surface area contributed by atoms with Crippen molar-refractivity contribution in [2.24, 2.45) is 0 Å².